The third-order valence-electron chi connectivity index (χ3n) is 6.36. The third-order valence-corrected chi connectivity index (χ3v) is 6.60. The van der Waals surface area contributed by atoms with Crippen LogP contribution in [-0.4, -0.2) is 9.97 Å². The normalized spacial score (nSPS) is 10.8. The minimum absolute atomic E-state index is 0.704. The van der Waals surface area contributed by atoms with Crippen molar-refractivity contribution in [3.8, 4) is 56.2 Å². The molecule has 0 saturated carbocycles. The molecule has 1 heterocycles. The molecule has 0 radical (unpaired) electrons. The summed E-state index contributed by atoms with van der Waals surface area (Å²) in [5, 5.41) is 0.708. The Hall–Kier alpha value is -4.53. The van der Waals surface area contributed by atoms with Crippen LogP contribution in [0.1, 0.15) is 0 Å². The van der Waals surface area contributed by atoms with Crippen molar-refractivity contribution in [1.29, 1.82) is 0 Å². The monoisotopic (exact) mass is 494 g/mol. The molecule has 2 nitrogen and oxygen atoms in total. The van der Waals surface area contributed by atoms with E-state index < -0.39 is 0 Å². The van der Waals surface area contributed by atoms with Crippen LogP contribution in [0.2, 0.25) is 5.02 Å². The van der Waals surface area contributed by atoms with Crippen LogP contribution in [0.25, 0.3) is 56.2 Å². The van der Waals surface area contributed by atoms with Gasteiger partial charge in [-0.05, 0) is 46.5 Å². The minimum atomic E-state index is 0.704. The highest BCUT2D eigenvalue weighted by Gasteiger charge is 2.13. The number of halogens is 1. The van der Waals surface area contributed by atoms with Crippen molar-refractivity contribution >= 4 is 11.6 Å². The Morgan fingerprint density at radius 2 is 0.919 bits per heavy atom. The van der Waals surface area contributed by atoms with E-state index in [-0.39, 0.29) is 0 Å². The lowest BCUT2D eigenvalue weighted by atomic mass is 9.93. The second-order valence-corrected chi connectivity index (χ2v) is 9.27. The average molecular weight is 495 g/mol. The average Bonchev–Trinajstić information content (AvgIpc) is 2.98. The molecule has 0 spiro atoms. The Kier molecular flexibility index (Phi) is 6.33. The van der Waals surface area contributed by atoms with Gasteiger partial charge in [-0.2, -0.15) is 0 Å². The molecule has 0 saturated heterocycles. The van der Waals surface area contributed by atoms with Crippen molar-refractivity contribution < 1.29 is 0 Å². The number of rotatable bonds is 5. The Balaban J connectivity index is 1.51. The minimum Gasteiger partial charge on any atom is -0.228 e. The third kappa shape index (κ3) is 4.93. The summed E-state index contributed by atoms with van der Waals surface area (Å²) in [6.07, 6.45) is 0. The lowest BCUT2D eigenvalue weighted by Gasteiger charge is -2.13. The van der Waals surface area contributed by atoms with Gasteiger partial charge in [-0.3, -0.25) is 0 Å². The van der Waals surface area contributed by atoms with Gasteiger partial charge in [0.1, 0.15) is 0 Å². The summed E-state index contributed by atoms with van der Waals surface area (Å²) < 4.78 is 0. The van der Waals surface area contributed by atoms with E-state index in [1.165, 1.54) is 0 Å². The molecule has 0 unspecified atom stereocenters. The lowest BCUT2D eigenvalue weighted by Crippen LogP contribution is -1.96. The summed E-state index contributed by atoms with van der Waals surface area (Å²) >= 11 is 6.47. The topological polar surface area (TPSA) is 25.8 Å². The van der Waals surface area contributed by atoms with Crippen LogP contribution < -0.4 is 0 Å². The molecule has 0 fully saturated rings. The van der Waals surface area contributed by atoms with Crippen molar-refractivity contribution in [1.82, 2.24) is 9.97 Å². The number of hydrogen-bond acceptors (Lipinski definition) is 2. The van der Waals surface area contributed by atoms with Crippen molar-refractivity contribution in [2.75, 3.05) is 0 Å². The van der Waals surface area contributed by atoms with E-state index in [0.29, 0.717) is 10.8 Å². The first-order chi connectivity index (χ1) is 18.2. The number of hydrogen-bond donors (Lipinski definition) is 0. The number of nitrogens with zero attached hydrogens (tertiary/aromatic N) is 2. The quantitative estimate of drug-likeness (QED) is 0.238. The molecule has 37 heavy (non-hydrogen) atoms. The number of aromatic nitrogens is 2. The molecule has 0 aliphatic carbocycles. The van der Waals surface area contributed by atoms with Gasteiger partial charge in [0, 0.05) is 21.7 Å². The van der Waals surface area contributed by atoms with E-state index in [4.69, 9.17) is 21.6 Å². The maximum atomic E-state index is 6.47. The van der Waals surface area contributed by atoms with Gasteiger partial charge >= 0.3 is 0 Å². The zero-order valence-electron chi connectivity index (χ0n) is 20.1. The van der Waals surface area contributed by atoms with Crippen molar-refractivity contribution in [3.63, 3.8) is 0 Å². The molecule has 6 rings (SSSR count). The van der Waals surface area contributed by atoms with Crippen molar-refractivity contribution in [3.05, 3.63) is 145 Å². The lowest BCUT2D eigenvalue weighted by molar-refractivity contribution is 1.18. The highest BCUT2D eigenvalue weighted by Crippen LogP contribution is 2.36. The Morgan fingerprint density at radius 3 is 1.59 bits per heavy atom. The zero-order valence-corrected chi connectivity index (χ0v) is 20.8. The zero-order chi connectivity index (χ0) is 25.0. The molecule has 5 aromatic carbocycles. The smallest absolute Gasteiger partial charge is 0.160 e. The molecule has 0 aliphatic heterocycles. The molecule has 0 aliphatic rings. The molecule has 3 heteroatoms. The summed E-state index contributed by atoms with van der Waals surface area (Å²) in [4.78, 5) is 9.91. The summed E-state index contributed by atoms with van der Waals surface area (Å²) in [5.41, 5.74) is 9.29. The van der Waals surface area contributed by atoms with Crippen LogP contribution in [0.4, 0.5) is 0 Å². The highest BCUT2D eigenvalue weighted by atomic mass is 35.5. The predicted molar refractivity (Wildman–Crippen MR) is 154 cm³/mol. The highest BCUT2D eigenvalue weighted by molar-refractivity contribution is 6.31. The van der Waals surface area contributed by atoms with E-state index in [0.717, 1.165) is 50.3 Å². The standard InChI is InChI=1S/C34H23ClN2/c35-29-19-20-30(24-11-4-1-5-12-24)31(22-29)27-17-10-18-28(21-27)33-23-32(25-13-6-2-7-14-25)36-34(37-33)26-15-8-3-9-16-26/h1-23H. The molecule has 0 N–H and O–H groups in total. The summed E-state index contributed by atoms with van der Waals surface area (Å²) in [6, 6.07) is 47.4. The van der Waals surface area contributed by atoms with Crippen molar-refractivity contribution in [2.24, 2.45) is 0 Å². The van der Waals surface area contributed by atoms with Gasteiger partial charge in [-0.15, -0.1) is 0 Å². The second-order valence-electron chi connectivity index (χ2n) is 8.83. The van der Waals surface area contributed by atoms with Gasteiger partial charge in [-0.25, -0.2) is 9.97 Å². The maximum absolute atomic E-state index is 6.47. The van der Waals surface area contributed by atoms with E-state index in [9.17, 15) is 0 Å². The summed E-state index contributed by atoms with van der Waals surface area (Å²) in [7, 11) is 0. The van der Waals surface area contributed by atoms with E-state index >= 15 is 0 Å². The van der Waals surface area contributed by atoms with Gasteiger partial charge in [0.05, 0.1) is 11.4 Å². The Bertz CT molecular complexity index is 1610. The maximum Gasteiger partial charge on any atom is 0.160 e. The molecule has 0 amide bonds. The molecule has 176 valence electrons. The SMILES string of the molecule is Clc1ccc(-c2ccccc2)c(-c2cccc(-c3cc(-c4ccccc4)nc(-c4ccccc4)n3)c2)c1. The largest absolute Gasteiger partial charge is 0.228 e. The van der Waals surface area contributed by atoms with Gasteiger partial charge in [-0.1, -0.05) is 127 Å². The summed E-state index contributed by atoms with van der Waals surface area (Å²) in [6.45, 7) is 0. The van der Waals surface area contributed by atoms with E-state index in [1.807, 2.05) is 66.7 Å². The van der Waals surface area contributed by atoms with Crippen LogP contribution in [0.5, 0.6) is 0 Å². The van der Waals surface area contributed by atoms with E-state index in [2.05, 4.69) is 72.8 Å². The Labute approximate surface area is 221 Å². The van der Waals surface area contributed by atoms with Crippen molar-refractivity contribution in [2.45, 2.75) is 0 Å². The van der Waals surface area contributed by atoms with E-state index in [1.54, 1.807) is 0 Å². The van der Waals surface area contributed by atoms with Gasteiger partial charge in [0.15, 0.2) is 5.82 Å². The van der Waals surface area contributed by atoms with Gasteiger partial charge in [0.2, 0.25) is 0 Å². The van der Waals surface area contributed by atoms with Crippen LogP contribution in [0.15, 0.2) is 140 Å². The molecular formula is C34H23ClN2. The Morgan fingerprint density at radius 1 is 0.378 bits per heavy atom. The molecular weight excluding hydrogens is 472 g/mol. The van der Waals surface area contributed by atoms with Gasteiger partial charge in [0.25, 0.3) is 0 Å². The fraction of sp³-hybridized carbons (Fsp3) is 0. The fourth-order valence-corrected chi connectivity index (χ4v) is 4.71. The summed E-state index contributed by atoms with van der Waals surface area (Å²) in [5.74, 6) is 0.704. The van der Waals surface area contributed by atoms with Crippen LogP contribution >= 0.6 is 11.6 Å². The predicted octanol–water partition coefficient (Wildman–Crippen LogP) is 9.46. The number of benzene rings is 5. The van der Waals surface area contributed by atoms with Crippen LogP contribution in [-0.2, 0) is 0 Å². The first-order valence-corrected chi connectivity index (χ1v) is 12.6. The second kappa shape index (κ2) is 10.2. The molecule has 1 aromatic heterocycles. The van der Waals surface area contributed by atoms with Crippen LogP contribution in [0.3, 0.4) is 0 Å². The first kappa shape index (κ1) is 22.9. The van der Waals surface area contributed by atoms with Gasteiger partial charge < -0.3 is 0 Å². The molecule has 0 bridgehead atoms. The fourth-order valence-electron chi connectivity index (χ4n) is 4.54. The molecule has 6 aromatic rings. The first-order valence-electron chi connectivity index (χ1n) is 12.2. The molecule has 0 atom stereocenters. The van der Waals surface area contributed by atoms with Crippen LogP contribution in [0, 0.1) is 0 Å².